The summed E-state index contributed by atoms with van der Waals surface area (Å²) in [6, 6.07) is 0. The molecule has 0 heterocycles. The molecule has 0 aromatic rings. The molecule has 0 bridgehead atoms. The average Bonchev–Trinajstić information content (AvgIpc) is 2.17. The Bertz CT molecular complexity index is 317. The van der Waals surface area contributed by atoms with Gasteiger partial charge < -0.3 is 20.4 Å². The standard InChI is InChI=1S/C6H8O2.C4H6O5/c1-2-3-4-5-6(7)8;5-2(4(8)9)1-3(6)7/h2-5H,1H3,(H,7,8);2,5H,1H2,(H,6,7)(H,8,9). The van der Waals surface area contributed by atoms with E-state index in [-0.39, 0.29) is 0 Å². The van der Waals surface area contributed by atoms with Gasteiger partial charge in [0.1, 0.15) is 0 Å². The number of carboxylic acid groups (broad SMARTS) is 3. The van der Waals surface area contributed by atoms with Crippen molar-refractivity contribution in [2.75, 3.05) is 0 Å². The first-order chi connectivity index (χ1) is 7.81. The lowest BCUT2D eigenvalue weighted by atomic mass is 10.3. The van der Waals surface area contributed by atoms with Crippen molar-refractivity contribution in [1.82, 2.24) is 0 Å². The third kappa shape index (κ3) is 16.5. The van der Waals surface area contributed by atoms with Gasteiger partial charge in [-0.25, -0.2) is 9.59 Å². The van der Waals surface area contributed by atoms with E-state index in [1.807, 2.05) is 6.92 Å². The van der Waals surface area contributed by atoms with Crippen LogP contribution in [0.3, 0.4) is 0 Å². The number of carbonyl (C=O) groups is 3. The maximum atomic E-state index is 9.75. The van der Waals surface area contributed by atoms with Crippen molar-refractivity contribution in [2.45, 2.75) is 19.4 Å². The minimum absolute atomic E-state index is 0.755. The molecule has 0 radical (unpaired) electrons. The molecule has 0 saturated carbocycles. The molecule has 0 amide bonds. The van der Waals surface area contributed by atoms with Gasteiger partial charge in [-0.1, -0.05) is 18.2 Å². The highest BCUT2D eigenvalue weighted by molar-refractivity contribution is 5.80. The molecular formula is C10H14O7. The van der Waals surface area contributed by atoms with Crippen molar-refractivity contribution in [3.05, 3.63) is 24.3 Å². The summed E-state index contributed by atoms with van der Waals surface area (Å²) in [6.07, 6.45) is 3.44. The summed E-state index contributed by atoms with van der Waals surface area (Å²) in [7, 11) is 0. The SMILES string of the molecule is CC=CC=CC(=O)O.O=C(O)CC(O)C(=O)O. The second-order valence-corrected chi connectivity index (χ2v) is 2.68. The number of aliphatic hydroxyl groups is 1. The molecule has 0 aromatic heterocycles. The van der Waals surface area contributed by atoms with Crippen LogP contribution in [0.15, 0.2) is 24.3 Å². The van der Waals surface area contributed by atoms with Crippen LogP contribution in [-0.2, 0) is 14.4 Å². The maximum Gasteiger partial charge on any atom is 0.333 e. The number of hydrogen-bond donors (Lipinski definition) is 4. The second kappa shape index (κ2) is 10.4. The van der Waals surface area contributed by atoms with Crippen LogP contribution in [0.4, 0.5) is 0 Å². The fourth-order valence-electron chi connectivity index (χ4n) is 0.502. The van der Waals surface area contributed by atoms with Crippen LogP contribution in [0.5, 0.6) is 0 Å². The minimum atomic E-state index is -1.79. The number of carboxylic acids is 3. The van der Waals surface area contributed by atoms with Crippen molar-refractivity contribution in [3.63, 3.8) is 0 Å². The van der Waals surface area contributed by atoms with Gasteiger partial charge in [0, 0.05) is 6.08 Å². The summed E-state index contributed by atoms with van der Waals surface area (Å²) < 4.78 is 0. The molecule has 0 aromatic carbocycles. The quantitative estimate of drug-likeness (QED) is 0.399. The zero-order valence-corrected chi connectivity index (χ0v) is 9.11. The number of hydrogen-bond acceptors (Lipinski definition) is 4. The van der Waals surface area contributed by atoms with Gasteiger partial charge in [-0.2, -0.15) is 0 Å². The molecule has 1 atom stereocenters. The molecule has 0 spiro atoms. The van der Waals surface area contributed by atoms with Gasteiger partial charge in [-0.15, -0.1) is 0 Å². The number of allylic oxidation sites excluding steroid dienone is 3. The summed E-state index contributed by atoms with van der Waals surface area (Å²) in [5.74, 6) is -3.76. The predicted molar refractivity (Wildman–Crippen MR) is 57.5 cm³/mol. The number of aliphatic hydroxyl groups excluding tert-OH is 1. The number of aliphatic carboxylic acids is 3. The monoisotopic (exact) mass is 246 g/mol. The first kappa shape index (κ1) is 17.3. The van der Waals surface area contributed by atoms with E-state index in [0.29, 0.717) is 0 Å². The molecule has 0 aliphatic rings. The van der Waals surface area contributed by atoms with Gasteiger partial charge in [0.2, 0.25) is 0 Å². The van der Waals surface area contributed by atoms with Crippen LogP contribution in [0.1, 0.15) is 13.3 Å². The summed E-state index contributed by atoms with van der Waals surface area (Å²) in [6.45, 7) is 1.83. The van der Waals surface area contributed by atoms with Crippen molar-refractivity contribution in [1.29, 1.82) is 0 Å². The lowest BCUT2D eigenvalue weighted by Crippen LogP contribution is -2.22. The molecule has 0 aliphatic carbocycles. The van der Waals surface area contributed by atoms with Gasteiger partial charge >= 0.3 is 17.9 Å². The van der Waals surface area contributed by atoms with E-state index < -0.39 is 30.4 Å². The highest BCUT2D eigenvalue weighted by Crippen LogP contribution is 1.89. The predicted octanol–water partition coefficient (Wildman–Crippen LogP) is 0.110. The van der Waals surface area contributed by atoms with Gasteiger partial charge in [0.05, 0.1) is 6.42 Å². The third-order valence-corrected chi connectivity index (χ3v) is 1.20. The van der Waals surface area contributed by atoms with Crippen molar-refractivity contribution in [2.24, 2.45) is 0 Å². The Hall–Kier alpha value is -2.15. The van der Waals surface area contributed by atoms with Gasteiger partial charge in [-0.3, -0.25) is 4.79 Å². The normalized spacial score (nSPS) is 11.9. The minimum Gasteiger partial charge on any atom is -0.481 e. The zero-order valence-electron chi connectivity index (χ0n) is 9.11. The molecule has 0 fully saturated rings. The summed E-state index contributed by atoms with van der Waals surface area (Å²) >= 11 is 0. The second-order valence-electron chi connectivity index (χ2n) is 2.68. The Morgan fingerprint density at radius 1 is 1.12 bits per heavy atom. The Labute approximate surface area is 97.3 Å². The Kier molecular flexibility index (Phi) is 10.5. The van der Waals surface area contributed by atoms with Gasteiger partial charge in [0.15, 0.2) is 6.10 Å². The van der Waals surface area contributed by atoms with E-state index in [2.05, 4.69) is 0 Å². The first-order valence-electron chi connectivity index (χ1n) is 4.46. The van der Waals surface area contributed by atoms with E-state index in [4.69, 9.17) is 20.4 Å². The van der Waals surface area contributed by atoms with Crippen molar-refractivity contribution in [3.8, 4) is 0 Å². The number of rotatable bonds is 5. The molecule has 17 heavy (non-hydrogen) atoms. The highest BCUT2D eigenvalue weighted by atomic mass is 16.4. The van der Waals surface area contributed by atoms with Crippen LogP contribution >= 0.6 is 0 Å². The molecule has 0 saturated heterocycles. The van der Waals surface area contributed by atoms with Crippen molar-refractivity contribution >= 4 is 17.9 Å². The fraction of sp³-hybridized carbons (Fsp3) is 0.300. The zero-order chi connectivity index (χ0) is 13.8. The lowest BCUT2D eigenvalue weighted by molar-refractivity contribution is -0.152. The largest absolute Gasteiger partial charge is 0.481 e. The topological polar surface area (TPSA) is 132 Å². The van der Waals surface area contributed by atoms with Crippen LogP contribution in [0, 0.1) is 0 Å². The fourth-order valence-corrected chi connectivity index (χ4v) is 0.502. The Morgan fingerprint density at radius 2 is 1.65 bits per heavy atom. The van der Waals surface area contributed by atoms with Gasteiger partial charge in [0.25, 0.3) is 0 Å². The molecule has 96 valence electrons. The molecule has 0 aliphatic heterocycles. The summed E-state index contributed by atoms with van der Waals surface area (Å²) in [4.78, 5) is 29.2. The van der Waals surface area contributed by atoms with Crippen LogP contribution in [-0.4, -0.2) is 44.4 Å². The van der Waals surface area contributed by atoms with E-state index in [9.17, 15) is 14.4 Å². The molecule has 0 rings (SSSR count). The molecule has 1 unspecified atom stereocenters. The molecule has 7 heteroatoms. The molecule has 4 N–H and O–H groups in total. The lowest BCUT2D eigenvalue weighted by Gasteiger charge is -1.97. The Morgan fingerprint density at radius 3 is 1.88 bits per heavy atom. The van der Waals surface area contributed by atoms with E-state index in [0.717, 1.165) is 6.08 Å². The maximum absolute atomic E-state index is 9.75. The van der Waals surface area contributed by atoms with Crippen LogP contribution in [0.2, 0.25) is 0 Å². The smallest absolute Gasteiger partial charge is 0.333 e. The van der Waals surface area contributed by atoms with E-state index in [1.165, 1.54) is 6.08 Å². The van der Waals surface area contributed by atoms with Crippen LogP contribution < -0.4 is 0 Å². The van der Waals surface area contributed by atoms with Gasteiger partial charge in [-0.05, 0) is 6.92 Å². The first-order valence-corrected chi connectivity index (χ1v) is 4.46. The highest BCUT2D eigenvalue weighted by Gasteiger charge is 2.16. The molecular weight excluding hydrogens is 232 g/mol. The molecule has 7 nitrogen and oxygen atoms in total. The third-order valence-electron chi connectivity index (χ3n) is 1.20. The summed E-state index contributed by atoms with van der Waals surface area (Å²) in [5, 5.41) is 32.2. The van der Waals surface area contributed by atoms with E-state index >= 15 is 0 Å². The summed E-state index contributed by atoms with van der Waals surface area (Å²) in [5.41, 5.74) is 0. The van der Waals surface area contributed by atoms with E-state index in [1.54, 1.807) is 12.2 Å². The van der Waals surface area contributed by atoms with Crippen LogP contribution in [0.25, 0.3) is 0 Å². The van der Waals surface area contributed by atoms with Crippen molar-refractivity contribution < 1.29 is 34.8 Å². The Balaban J connectivity index is 0. The average molecular weight is 246 g/mol.